The van der Waals surface area contributed by atoms with Crippen LogP contribution in [-0.2, 0) is 0 Å². The summed E-state index contributed by atoms with van der Waals surface area (Å²) < 4.78 is 5.41. The van der Waals surface area contributed by atoms with Crippen molar-refractivity contribution in [1.29, 1.82) is 5.26 Å². The summed E-state index contributed by atoms with van der Waals surface area (Å²) in [6.45, 7) is 6.75. The fourth-order valence-corrected chi connectivity index (χ4v) is 2.31. The lowest BCUT2D eigenvalue weighted by Crippen LogP contribution is -2.14. The first-order valence-corrected chi connectivity index (χ1v) is 7.39. The molecule has 0 radical (unpaired) electrons. The molecule has 2 aromatic carbocycles. The van der Waals surface area contributed by atoms with E-state index in [0.717, 1.165) is 11.1 Å². The lowest BCUT2D eigenvalue weighted by molar-refractivity contribution is 0.0732. The van der Waals surface area contributed by atoms with Crippen LogP contribution in [-0.4, -0.2) is 11.8 Å². The predicted octanol–water partition coefficient (Wildman–Crippen LogP) is 3.49. The van der Waals surface area contributed by atoms with E-state index < -0.39 is 5.97 Å². The highest BCUT2D eigenvalue weighted by molar-refractivity contribution is 6.00. The van der Waals surface area contributed by atoms with Crippen LogP contribution in [0.4, 0.5) is 5.69 Å². The number of ether oxygens (including phenoxy) is 1. The molecular formula is C19H18N2O3. The summed E-state index contributed by atoms with van der Waals surface area (Å²) in [7, 11) is 0. The summed E-state index contributed by atoms with van der Waals surface area (Å²) in [6, 6.07) is 8.47. The standard InChI is InChI=1S/C19H18N2O3/c1-10-5-6-14(8-17(10)21)19(23)24-18-15(13(4)22)7-11(2)12(3)16(18)9-20/h5-8H,21H2,1-4H3. The minimum Gasteiger partial charge on any atom is -0.421 e. The van der Waals surface area contributed by atoms with Crippen LogP contribution in [0.5, 0.6) is 5.75 Å². The van der Waals surface area contributed by atoms with Gasteiger partial charge in [0.2, 0.25) is 0 Å². The summed E-state index contributed by atoms with van der Waals surface area (Å²) in [4.78, 5) is 24.3. The third-order valence-electron chi connectivity index (χ3n) is 4.00. The molecule has 0 heterocycles. The van der Waals surface area contributed by atoms with Gasteiger partial charge in [-0.2, -0.15) is 5.26 Å². The highest BCUT2D eigenvalue weighted by atomic mass is 16.5. The Hall–Kier alpha value is -3.13. The quantitative estimate of drug-likeness (QED) is 0.404. The summed E-state index contributed by atoms with van der Waals surface area (Å²) in [5.74, 6) is -0.943. The van der Waals surface area contributed by atoms with E-state index in [1.807, 2.05) is 13.0 Å². The number of esters is 1. The maximum Gasteiger partial charge on any atom is 0.343 e. The number of nitriles is 1. The monoisotopic (exact) mass is 322 g/mol. The van der Waals surface area contributed by atoms with Crippen LogP contribution in [0.25, 0.3) is 0 Å². The number of hydrogen-bond acceptors (Lipinski definition) is 5. The number of carbonyl (C=O) groups excluding carboxylic acids is 2. The molecule has 0 fully saturated rings. The van der Waals surface area contributed by atoms with E-state index >= 15 is 0 Å². The second-order valence-electron chi connectivity index (χ2n) is 5.70. The first kappa shape index (κ1) is 17.2. The minimum atomic E-state index is -0.663. The van der Waals surface area contributed by atoms with E-state index in [1.165, 1.54) is 13.0 Å². The Bertz CT molecular complexity index is 892. The second-order valence-corrected chi connectivity index (χ2v) is 5.70. The zero-order chi connectivity index (χ0) is 18.0. The van der Waals surface area contributed by atoms with Crippen molar-refractivity contribution in [2.45, 2.75) is 27.7 Å². The molecule has 0 saturated carbocycles. The van der Waals surface area contributed by atoms with Crippen molar-refractivity contribution in [3.05, 3.63) is 57.6 Å². The fraction of sp³-hybridized carbons (Fsp3) is 0.211. The number of carbonyl (C=O) groups is 2. The molecule has 2 aromatic rings. The van der Waals surface area contributed by atoms with Crippen LogP contribution in [0.2, 0.25) is 0 Å². The molecular weight excluding hydrogens is 304 g/mol. The number of Topliss-reactive ketones (excluding diaryl/α,β-unsaturated/α-hetero) is 1. The molecule has 0 aliphatic rings. The Labute approximate surface area is 140 Å². The SMILES string of the molecule is CC(=O)c1cc(C)c(C)c(C#N)c1OC(=O)c1ccc(C)c(N)c1. The highest BCUT2D eigenvalue weighted by Gasteiger charge is 2.21. The van der Waals surface area contributed by atoms with Gasteiger partial charge in [0, 0.05) is 5.69 Å². The van der Waals surface area contributed by atoms with Gasteiger partial charge in [-0.25, -0.2) is 4.79 Å². The average Bonchev–Trinajstić information content (AvgIpc) is 2.53. The van der Waals surface area contributed by atoms with Gasteiger partial charge < -0.3 is 10.5 Å². The summed E-state index contributed by atoms with van der Waals surface area (Å²) >= 11 is 0. The first-order valence-electron chi connectivity index (χ1n) is 7.39. The Balaban J connectivity index is 2.54. The maximum absolute atomic E-state index is 12.4. The van der Waals surface area contributed by atoms with Gasteiger partial charge >= 0.3 is 5.97 Å². The number of rotatable bonds is 3. The average molecular weight is 322 g/mol. The van der Waals surface area contributed by atoms with Crippen LogP contribution in [0, 0.1) is 32.1 Å². The van der Waals surface area contributed by atoms with Crippen molar-refractivity contribution in [1.82, 2.24) is 0 Å². The number of aryl methyl sites for hydroxylation is 2. The van der Waals surface area contributed by atoms with E-state index in [0.29, 0.717) is 11.3 Å². The zero-order valence-electron chi connectivity index (χ0n) is 14.1. The van der Waals surface area contributed by atoms with Gasteiger partial charge in [0.15, 0.2) is 11.5 Å². The lowest BCUT2D eigenvalue weighted by atomic mass is 9.97. The van der Waals surface area contributed by atoms with E-state index in [-0.39, 0.29) is 28.2 Å². The van der Waals surface area contributed by atoms with Crippen molar-refractivity contribution in [2.24, 2.45) is 0 Å². The number of benzene rings is 2. The number of nitrogens with two attached hydrogens (primary N) is 1. The molecule has 0 atom stereocenters. The number of anilines is 1. The van der Waals surface area contributed by atoms with Crippen molar-refractivity contribution >= 4 is 17.4 Å². The van der Waals surface area contributed by atoms with Crippen molar-refractivity contribution in [3.8, 4) is 11.8 Å². The van der Waals surface area contributed by atoms with Gasteiger partial charge in [-0.3, -0.25) is 4.79 Å². The molecule has 0 amide bonds. The van der Waals surface area contributed by atoms with E-state index in [2.05, 4.69) is 0 Å². The third kappa shape index (κ3) is 3.13. The summed E-state index contributed by atoms with van der Waals surface area (Å²) in [6.07, 6.45) is 0. The number of ketones is 1. The van der Waals surface area contributed by atoms with Gasteiger partial charge in [0.1, 0.15) is 6.07 Å². The van der Waals surface area contributed by atoms with Crippen molar-refractivity contribution in [2.75, 3.05) is 5.73 Å². The van der Waals surface area contributed by atoms with E-state index in [1.54, 1.807) is 32.0 Å². The molecule has 5 nitrogen and oxygen atoms in total. The van der Waals surface area contributed by atoms with E-state index in [9.17, 15) is 14.9 Å². The molecule has 2 rings (SSSR count). The number of nitrogens with zero attached hydrogens (tertiary/aromatic N) is 1. The van der Waals surface area contributed by atoms with Crippen LogP contribution >= 0.6 is 0 Å². The minimum absolute atomic E-state index is 0.00255. The van der Waals surface area contributed by atoms with Gasteiger partial charge in [-0.05, 0) is 62.6 Å². The van der Waals surface area contributed by atoms with Gasteiger partial charge in [-0.1, -0.05) is 6.07 Å². The lowest BCUT2D eigenvalue weighted by Gasteiger charge is -2.14. The molecule has 0 saturated heterocycles. The molecule has 0 aliphatic carbocycles. The molecule has 0 unspecified atom stereocenters. The third-order valence-corrected chi connectivity index (χ3v) is 4.00. The van der Waals surface area contributed by atoms with Gasteiger partial charge in [0.25, 0.3) is 0 Å². The Morgan fingerprint density at radius 2 is 1.79 bits per heavy atom. The van der Waals surface area contributed by atoms with Crippen LogP contribution < -0.4 is 10.5 Å². The summed E-state index contributed by atoms with van der Waals surface area (Å²) in [5, 5.41) is 9.42. The molecule has 0 aromatic heterocycles. The first-order chi connectivity index (χ1) is 11.3. The fourth-order valence-electron chi connectivity index (χ4n) is 2.31. The predicted molar refractivity (Wildman–Crippen MR) is 91.2 cm³/mol. The Kier molecular flexibility index (Phi) is 4.70. The topological polar surface area (TPSA) is 93.2 Å². The Morgan fingerprint density at radius 1 is 1.12 bits per heavy atom. The molecule has 0 aliphatic heterocycles. The van der Waals surface area contributed by atoms with Crippen LogP contribution in [0.15, 0.2) is 24.3 Å². The zero-order valence-corrected chi connectivity index (χ0v) is 14.1. The van der Waals surface area contributed by atoms with Gasteiger partial charge in [-0.15, -0.1) is 0 Å². The van der Waals surface area contributed by atoms with E-state index in [4.69, 9.17) is 10.5 Å². The largest absolute Gasteiger partial charge is 0.421 e. The highest BCUT2D eigenvalue weighted by Crippen LogP contribution is 2.30. The van der Waals surface area contributed by atoms with Crippen LogP contribution in [0.3, 0.4) is 0 Å². The molecule has 0 spiro atoms. The van der Waals surface area contributed by atoms with Crippen molar-refractivity contribution < 1.29 is 14.3 Å². The molecule has 122 valence electrons. The maximum atomic E-state index is 12.4. The number of hydrogen-bond donors (Lipinski definition) is 1. The second kappa shape index (κ2) is 6.55. The molecule has 0 bridgehead atoms. The summed E-state index contributed by atoms with van der Waals surface area (Å²) in [5.41, 5.74) is 9.25. The molecule has 24 heavy (non-hydrogen) atoms. The smallest absolute Gasteiger partial charge is 0.343 e. The molecule has 2 N–H and O–H groups in total. The molecule has 5 heteroatoms. The van der Waals surface area contributed by atoms with Crippen molar-refractivity contribution in [3.63, 3.8) is 0 Å². The Morgan fingerprint density at radius 3 is 2.33 bits per heavy atom. The normalized spacial score (nSPS) is 10.1. The van der Waals surface area contributed by atoms with Gasteiger partial charge in [0.05, 0.1) is 16.7 Å². The number of nitrogen functional groups attached to an aromatic ring is 1. The van der Waals surface area contributed by atoms with Crippen LogP contribution in [0.1, 0.15) is 49.9 Å².